The highest BCUT2D eigenvalue weighted by atomic mass is 16.4. The van der Waals surface area contributed by atoms with Crippen molar-refractivity contribution in [2.75, 3.05) is 13.1 Å². The molecule has 4 heteroatoms. The van der Waals surface area contributed by atoms with Gasteiger partial charge in [0.05, 0.1) is 5.92 Å². The molecule has 1 aliphatic rings. The highest BCUT2D eigenvalue weighted by Crippen LogP contribution is 2.27. The minimum Gasteiger partial charge on any atom is -0.481 e. The van der Waals surface area contributed by atoms with Gasteiger partial charge in [-0.2, -0.15) is 0 Å². The summed E-state index contributed by atoms with van der Waals surface area (Å²) in [7, 11) is 0. The Bertz CT molecular complexity index is 326. The number of carbonyl (C=O) groups is 1. The average molecular weight is 192 g/mol. The van der Waals surface area contributed by atoms with Crippen LogP contribution in [0.25, 0.3) is 0 Å². The molecule has 1 fully saturated rings. The van der Waals surface area contributed by atoms with Crippen molar-refractivity contribution in [3.63, 3.8) is 0 Å². The molecule has 1 aromatic heterocycles. The Morgan fingerprint density at radius 2 is 2.14 bits per heavy atom. The van der Waals surface area contributed by atoms with Gasteiger partial charge >= 0.3 is 5.97 Å². The van der Waals surface area contributed by atoms with Gasteiger partial charge in [-0.15, -0.1) is 0 Å². The third kappa shape index (κ3) is 1.61. The fraction of sp³-hybridized carbons (Fsp3) is 0.400. The topological polar surface area (TPSA) is 62.2 Å². The predicted molar refractivity (Wildman–Crippen MR) is 51.0 cm³/mol. The van der Waals surface area contributed by atoms with Gasteiger partial charge in [0.2, 0.25) is 0 Å². The highest BCUT2D eigenvalue weighted by Gasteiger charge is 2.33. The first kappa shape index (κ1) is 9.15. The fourth-order valence-corrected chi connectivity index (χ4v) is 1.90. The number of aliphatic carboxylic acids is 1. The van der Waals surface area contributed by atoms with Crippen molar-refractivity contribution in [1.82, 2.24) is 10.3 Å². The largest absolute Gasteiger partial charge is 0.481 e. The van der Waals surface area contributed by atoms with Gasteiger partial charge < -0.3 is 10.4 Å². The van der Waals surface area contributed by atoms with Gasteiger partial charge in [-0.05, 0) is 17.7 Å². The summed E-state index contributed by atoms with van der Waals surface area (Å²) in [5, 5.41) is 12.1. The lowest BCUT2D eigenvalue weighted by Crippen LogP contribution is -2.20. The van der Waals surface area contributed by atoms with Crippen molar-refractivity contribution in [3.05, 3.63) is 30.1 Å². The van der Waals surface area contributed by atoms with Crippen LogP contribution in [0, 0.1) is 5.92 Å². The van der Waals surface area contributed by atoms with E-state index in [4.69, 9.17) is 5.11 Å². The van der Waals surface area contributed by atoms with Crippen molar-refractivity contribution in [3.8, 4) is 0 Å². The molecule has 2 atom stereocenters. The Labute approximate surface area is 82.0 Å². The van der Waals surface area contributed by atoms with Gasteiger partial charge in [-0.1, -0.05) is 0 Å². The molecular formula is C10H12N2O2. The third-order valence-corrected chi connectivity index (χ3v) is 2.67. The number of nitrogens with one attached hydrogen (secondary N) is 1. The molecule has 1 aliphatic heterocycles. The number of carboxylic acids is 1. The molecule has 2 heterocycles. The van der Waals surface area contributed by atoms with Crippen molar-refractivity contribution >= 4 is 5.97 Å². The van der Waals surface area contributed by atoms with Crippen molar-refractivity contribution in [1.29, 1.82) is 0 Å². The molecule has 0 spiro atoms. The van der Waals surface area contributed by atoms with Crippen LogP contribution in [0.1, 0.15) is 11.5 Å². The summed E-state index contributed by atoms with van der Waals surface area (Å²) >= 11 is 0. The summed E-state index contributed by atoms with van der Waals surface area (Å²) in [6, 6.07) is 3.77. The Morgan fingerprint density at radius 3 is 2.79 bits per heavy atom. The fourth-order valence-electron chi connectivity index (χ4n) is 1.90. The maximum atomic E-state index is 10.9. The lowest BCUT2D eigenvalue weighted by molar-refractivity contribution is -0.141. The lowest BCUT2D eigenvalue weighted by atomic mass is 9.90. The number of hydrogen-bond donors (Lipinski definition) is 2. The zero-order valence-corrected chi connectivity index (χ0v) is 7.68. The van der Waals surface area contributed by atoms with E-state index in [1.165, 1.54) is 0 Å². The normalized spacial score (nSPS) is 26.3. The summed E-state index contributed by atoms with van der Waals surface area (Å²) in [6.07, 6.45) is 3.40. The van der Waals surface area contributed by atoms with E-state index < -0.39 is 5.97 Å². The minimum atomic E-state index is -0.725. The van der Waals surface area contributed by atoms with Crippen molar-refractivity contribution < 1.29 is 9.90 Å². The van der Waals surface area contributed by atoms with Crippen LogP contribution in [-0.4, -0.2) is 29.1 Å². The van der Waals surface area contributed by atoms with E-state index >= 15 is 0 Å². The van der Waals surface area contributed by atoms with Crippen molar-refractivity contribution in [2.24, 2.45) is 5.92 Å². The molecule has 1 aromatic rings. The summed E-state index contributed by atoms with van der Waals surface area (Å²) in [4.78, 5) is 14.8. The molecule has 4 nitrogen and oxygen atoms in total. The molecule has 0 aliphatic carbocycles. The number of rotatable bonds is 2. The van der Waals surface area contributed by atoms with E-state index in [0.717, 1.165) is 12.1 Å². The quantitative estimate of drug-likeness (QED) is 0.715. The monoisotopic (exact) mass is 192 g/mol. The van der Waals surface area contributed by atoms with Crippen LogP contribution in [0.15, 0.2) is 24.5 Å². The number of pyridine rings is 1. The van der Waals surface area contributed by atoms with Crippen molar-refractivity contribution in [2.45, 2.75) is 5.92 Å². The SMILES string of the molecule is O=C(O)[C@H]1CNC[C@@H]1c1ccncc1. The molecule has 0 aromatic carbocycles. The molecule has 1 saturated heterocycles. The number of carboxylic acid groups (broad SMARTS) is 1. The van der Waals surface area contributed by atoms with Crippen LogP contribution >= 0.6 is 0 Å². The van der Waals surface area contributed by atoms with Gasteiger partial charge in [-0.25, -0.2) is 0 Å². The van der Waals surface area contributed by atoms with E-state index in [9.17, 15) is 4.79 Å². The zero-order valence-electron chi connectivity index (χ0n) is 7.68. The molecule has 0 amide bonds. The van der Waals surface area contributed by atoms with E-state index in [1.54, 1.807) is 12.4 Å². The van der Waals surface area contributed by atoms with Gasteiger partial charge in [0.25, 0.3) is 0 Å². The van der Waals surface area contributed by atoms with Crippen LogP contribution in [-0.2, 0) is 4.79 Å². The Kier molecular flexibility index (Phi) is 2.45. The summed E-state index contributed by atoms with van der Waals surface area (Å²) in [6.45, 7) is 1.29. The number of aromatic nitrogens is 1. The van der Waals surface area contributed by atoms with Gasteiger partial charge in [0.1, 0.15) is 0 Å². The first-order chi connectivity index (χ1) is 6.79. The number of nitrogens with zero attached hydrogens (tertiary/aromatic N) is 1. The van der Waals surface area contributed by atoms with E-state index in [-0.39, 0.29) is 11.8 Å². The molecule has 2 N–H and O–H groups in total. The minimum absolute atomic E-state index is 0.0792. The standard InChI is InChI=1S/C10H12N2O2/c13-10(14)9-6-12-5-8(9)7-1-3-11-4-2-7/h1-4,8-9,12H,5-6H2,(H,13,14)/t8-,9+/m1/s1. The summed E-state index contributed by atoms with van der Waals surface area (Å²) in [5.74, 6) is -0.954. The highest BCUT2D eigenvalue weighted by molar-refractivity contribution is 5.72. The molecule has 0 unspecified atom stereocenters. The molecular weight excluding hydrogens is 180 g/mol. The second-order valence-corrected chi connectivity index (χ2v) is 3.49. The van der Waals surface area contributed by atoms with Crippen LogP contribution in [0.5, 0.6) is 0 Å². The van der Waals surface area contributed by atoms with Gasteiger partial charge in [0.15, 0.2) is 0 Å². The second kappa shape index (κ2) is 3.75. The molecule has 0 saturated carbocycles. The second-order valence-electron chi connectivity index (χ2n) is 3.49. The average Bonchev–Trinajstić information content (AvgIpc) is 2.67. The third-order valence-electron chi connectivity index (χ3n) is 2.67. The molecule has 2 rings (SSSR count). The first-order valence-corrected chi connectivity index (χ1v) is 4.62. The molecule has 14 heavy (non-hydrogen) atoms. The van der Waals surface area contributed by atoms with Gasteiger partial charge in [-0.3, -0.25) is 9.78 Å². The zero-order chi connectivity index (χ0) is 9.97. The predicted octanol–water partition coefficient (Wildman–Crippen LogP) is 0.469. The maximum absolute atomic E-state index is 10.9. The van der Waals surface area contributed by atoms with Crippen LogP contribution in [0.4, 0.5) is 0 Å². The molecule has 74 valence electrons. The Balaban J connectivity index is 2.22. The van der Waals surface area contributed by atoms with E-state index in [2.05, 4.69) is 10.3 Å². The van der Waals surface area contributed by atoms with Crippen LogP contribution in [0.2, 0.25) is 0 Å². The molecule has 0 radical (unpaired) electrons. The molecule has 0 bridgehead atoms. The van der Waals surface area contributed by atoms with Crippen LogP contribution in [0.3, 0.4) is 0 Å². The Hall–Kier alpha value is -1.42. The van der Waals surface area contributed by atoms with E-state index in [0.29, 0.717) is 6.54 Å². The van der Waals surface area contributed by atoms with Gasteiger partial charge in [0, 0.05) is 31.4 Å². The van der Waals surface area contributed by atoms with Crippen LogP contribution < -0.4 is 5.32 Å². The summed E-state index contributed by atoms with van der Waals surface area (Å²) < 4.78 is 0. The smallest absolute Gasteiger partial charge is 0.308 e. The number of hydrogen-bond acceptors (Lipinski definition) is 3. The Morgan fingerprint density at radius 1 is 1.43 bits per heavy atom. The first-order valence-electron chi connectivity index (χ1n) is 4.62. The summed E-state index contributed by atoms with van der Waals surface area (Å²) in [5.41, 5.74) is 1.05. The lowest BCUT2D eigenvalue weighted by Gasteiger charge is -2.14. The maximum Gasteiger partial charge on any atom is 0.308 e. The van der Waals surface area contributed by atoms with E-state index in [1.807, 2.05) is 12.1 Å².